The Balaban J connectivity index is 0.00000182. The molecule has 0 heterocycles. The van der Waals surface area contributed by atoms with Crippen molar-refractivity contribution in [3.8, 4) is 11.5 Å². The minimum absolute atomic E-state index is 0. The molecule has 0 spiro atoms. The fourth-order valence-corrected chi connectivity index (χ4v) is 5.71. The Morgan fingerprint density at radius 2 is 1.76 bits per heavy atom. The number of ether oxygens (including phenoxy) is 2. The summed E-state index contributed by atoms with van der Waals surface area (Å²) in [7, 11) is 1.70. The van der Waals surface area contributed by atoms with Gasteiger partial charge in [-0.25, -0.2) is 0 Å². The van der Waals surface area contributed by atoms with E-state index in [0.717, 1.165) is 35.8 Å². The van der Waals surface area contributed by atoms with Crippen LogP contribution in [0.5, 0.6) is 11.5 Å². The molecule has 138 valence electrons. The number of hydrogen-bond acceptors (Lipinski definition) is 3. The van der Waals surface area contributed by atoms with Crippen molar-refractivity contribution >= 4 is 12.4 Å². The van der Waals surface area contributed by atoms with Crippen molar-refractivity contribution in [2.24, 2.45) is 17.8 Å². The maximum absolute atomic E-state index is 5.65. The average Bonchev–Trinajstić information content (AvgIpc) is 2.57. The minimum Gasteiger partial charge on any atom is -0.493 e. The van der Waals surface area contributed by atoms with Gasteiger partial charge >= 0.3 is 0 Å². The van der Waals surface area contributed by atoms with Crippen LogP contribution in [0.1, 0.15) is 44.1 Å². The Morgan fingerprint density at radius 1 is 1.12 bits per heavy atom. The summed E-state index contributed by atoms with van der Waals surface area (Å²) in [6.07, 6.45) is 10.4. The van der Waals surface area contributed by atoms with Gasteiger partial charge in [0.15, 0.2) is 11.5 Å². The van der Waals surface area contributed by atoms with E-state index in [-0.39, 0.29) is 12.4 Å². The highest BCUT2D eigenvalue weighted by Crippen LogP contribution is 2.55. The van der Waals surface area contributed by atoms with E-state index in [1.54, 1.807) is 13.2 Å². The first-order valence-electron chi connectivity index (χ1n) is 9.35. The normalized spacial score (nSPS) is 32.1. The molecule has 4 heteroatoms. The smallest absolute Gasteiger partial charge is 0.161 e. The van der Waals surface area contributed by atoms with Crippen LogP contribution in [0.4, 0.5) is 0 Å². The predicted octanol–water partition coefficient (Wildman–Crippen LogP) is 4.74. The fourth-order valence-electron chi connectivity index (χ4n) is 5.71. The van der Waals surface area contributed by atoms with Gasteiger partial charge in [0, 0.05) is 12.1 Å². The Kier molecular flexibility index (Phi) is 5.65. The highest BCUT2D eigenvalue weighted by atomic mass is 35.5. The van der Waals surface area contributed by atoms with E-state index in [4.69, 9.17) is 9.47 Å². The molecule has 0 unspecified atom stereocenters. The van der Waals surface area contributed by atoms with E-state index in [2.05, 4.69) is 24.0 Å². The molecule has 0 atom stereocenters. The van der Waals surface area contributed by atoms with E-state index in [1.807, 2.05) is 6.07 Å². The summed E-state index contributed by atoms with van der Waals surface area (Å²) < 4.78 is 11.1. The molecule has 4 fully saturated rings. The van der Waals surface area contributed by atoms with E-state index in [1.165, 1.54) is 44.1 Å². The topological polar surface area (TPSA) is 30.5 Å². The highest BCUT2D eigenvalue weighted by Gasteiger charge is 2.50. The van der Waals surface area contributed by atoms with Crippen molar-refractivity contribution in [3.63, 3.8) is 0 Å². The maximum Gasteiger partial charge on any atom is 0.161 e. The number of halogens is 1. The van der Waals surface area contributed by atoms with Gasteiger partial charge in [-0.1, -0.05) is 18.7 Å². The Morgan fingerprint density at radius 3 is 2.32 bits per heavy atom. The highest BCUT2D eigenvalue weighted by molar-refractivity contribution is 5.85. The molecule has 3 nitrogen and oxygen atoms in total. The third-order valence-corrected chi connectivity index (χ3v) is 6.29. The second-order valence-corrected chi connectivity index (χ2v) is 8.14. The van der Waals surface area contributed by atoms with Gasteiger partial charge < -0.3 is 14.8 Å². The van der Waals surface area contributed by atoms with Crippen molar-refractivity contribution in [1.82, 2.24) is 5.32 Å². The molecule has 1 aromatic carbocycles. The van der Waals surface area contributed by atoms with Gasteiger partial charge in [-0.05, 0) is 74.0 Å². The van der Waals surface area contributed by atoms with Crippen LogP contribution in [0, 0.1) is 17.8 Å². The summed E-state index contributed by atoms with van der Waals surface area (Å²) in [6.45, 7) is 5.11. The lowest BCUT2D eigenvalue weighted by Gasteiger charge is -2.57. The van der Waals surface area contributed by atoms with Crippen molar-refractivity contribution < 1.29 is 9.47 Å². The molecular weight excluding hydrogens is 334 g/mol. The van der Waals surface area contributed by atoms with Crippen LogP contribution in [-0.2, 0) is 6.54 Å². The van der Waals surface area contributed by atoms with Crippen LogP contribution in [0.15, 0.2) is 30.9 Å². The van der Waals surface area contributed by atoms with Crippen LogP contribution in [0.3, 0.4) is 0 Å². The Labute approximate surface area is 157 Å². The van der Waals surface area contributed by atoms with Crippen LogP contribution in [-0.4, -0.2) is 19.3 Å². The summed E-state index contributed by atoms with van der Waals surface area (Å²) in [5, 5.41) is 3.94. The fraction of sp³-hybridized carbons (Fsp3) is 0.619. The van der Waals surface area contributed by atoms with Crippen molar-refractivity contribution in [2.75, 3.05) is 13.7 Å². The lowest BCUT2D eigenvalue weighted by atomic mass is 9.53. The molecule has 4 bridgehead atoms. The standard InChI is InChI=1S/C21H29NO2.ClH/c1-3-6-24-19-5-4-15(10-20(19)23-2)14-22-21-11-16-7-17(12-21)9-18(8-16)13-21;/h3-5,10,16-18,22H,1,6-9,11-14H2,2H3;1H. The van der Waals surface area contributed by atoms with Crippen LogP contribution in [0.2, 0.25) is 0 Å². The van der Waals surface area contributed by atoms with Crippen molar-refractivity contribution in [3.05, 3.63) is 36.4 Å². The summed E-state index contributed by atoms with van der Waals surface area (Å²) in [4.78, 5) is 0. The van der Waals surface area contributed by atoms with Gasteiger partial charge in [0.05, 0.1) is 7.11 Å². The van der Waals surface area contributed by atoms with Gasteiger partial charge in [0.1, 0.15) is 6.61 Å². The Bertz CT molecular complexity index is 581. The molecule has 4 saturated carbocycles. The molecule has 0 amide bonds. The summed E-state index contributed by atoms with van der Waals surface area (Å²) in [6, 6.07) is 6.26. The van der Waals surface area contributed by atoms with E-state index < -0.39 is 0 Å². The zero-order valence-corrected chi connectivity index (χ0v) is 15.9. The van der Waals surface area contributed by atoms with Crippen LogP contribution < -0.4 is 14.8 Å². The SMILES string of the molecule is C=CCOc1ccc(CNC23CC4CC(CC(C4)C2)C3)cc1OC.Cl. The molecular formula is C21H30ClNO2. The Hall–Kier alpha value is -1.19. The number of nitrogens with one attached hydrogen (secondary N) is 1. The van der Waals surface area contributed by atoms with Gasteiger partial charge in [0.2, 0.25) is 0 Å². The van der Waals surface area contributed by atoms with Crippen LogP contribution in [0.25, 0.3) is 0 Å². The zero-order valence-electron chi connectivity index (χ0n) is 15.1. The van der Waals surface area contributed by atoms with Gasteiger partial charge in [-0.3, -0.25) is 0 Å². The molecule has 1 N–H and O–H groups in total. The molecule has 4 aliphatic rings. The first kappa shape index (κ1) is 18.6. The van der Waals surface area contributed by atoms with E-state index >= 15 is 0 Å². The minimum atomic E-state index is 0. The lowest BCUT2D eigenvalue weighted by Crippen LogP contribution is -2.58. The molecule has 0 radical (unpaired) electrons. The second-order valence-electron chi connectivity index (χ2n) is 8.14. The van der Waals surface area contributed by atoms with E-state index in [9.17, 15) is 0 Å². The molecule has 4 aliphatic carbocycles. The summed E-state index contributed by atoms with van der Waals surface area (Å²) >= 11 is 0. The molecule has 0 aromatic heterocycles. The van der Waals surface area contributed by atoms with Gasteiger partial charge in [-0.2, -0.15) is 0 Å². The number of hydrogen-bond donors (Lipinski definition) is 1. The molecule has 0 aliphatic heterocycles. The van der Waals surface area contributed by atoms with Crippen LogP contribution >= 0.6 is 12.4 Å². The second kappa shape index (κ2) is 7.59. The van der Waals surface area contributed by atoms with Gasteiger partial charge in [0.25, 0.3) is 0 Å². The van der Waals surface area contributed by atoms with Crippen molar-refractivity contribution in [1.29, 1.82) is 0 Å². The monoisotopic (exact) mass is 363 g/mol. The third kappa shape index (κ3) is 3.83. The van der Waals surface area contributed by atoms with Gasteiger partial charge in [-0.15, -0.1) is 12.4 Å². The molecule has 0 saturated heterocycles. The predicted molar refractivity (Wildman–Crippen MR) is 104 cm³/mol. The van der Waals surface area contributed by atoms with Crippen molar-refractivity contribution in [2.45, 2.75) is 50.6 Å². The summed E-state index contributed by atoms with van der Waals surface area (Å²) in [5.74, 6) is 4.53. The first-order valence-corrected chi connectivity index (χ1v) is 9.35. The maximum atomic E-state index is 5.65. The lowest BCUT2D eigenvalue weighted by molar-refractivity contribution is -0.0206. The molecule has 1 aromatic rings. The molecule has 25 heavy (non-hydrogen) atoms. The van der Waals surface area contributed by atoms with E-state index in [0.29, 0.717) is 12.1 Å². The third-order valence-electron chi connectivity index (χ3n) is 6.29. The quantitative estimate of drug-likeness (QED) is 0.710. The first-order chi connectivity index (χ1) is 11.7. The average molecular weight is 364 g/mol. The zero-order chi connectivity index (χ0) is 16.6. The molecule has 5 rings (SSSR count). The number of benzene rings is 1. The number of methoxy groups -OCH3 is 1. The number of rotatable bonds is 7. The summed E-state index contributed by atoms with van der Waals surface area (Å²) in [5.41, 5.74) is 1.67. The largest absolute Gasteiger partial charge is 0.493 e.